The van der Waals surface area contributed by atoms with Gasteiger partial charge in [-0.05, 0) is 55.7 Å². The van der Waals surface area contributed by atoms with Crippen LogP contribution in [0.25, 0.3) is 10.9 Å². The number of carbonyl (C=O) groups excluding carboxylic acids is 1. The van der Waals surface area contributed by atoms with Crippen LogP contribution in [0.3, 0.4) is 0 Å². The molecule has 1 heterocycles. The monoisotopic (exact) mass is 350 g/mol. The Bertz CT molecular complexity index is 974. The Labute approximate surface area is 152 Å². The number of rotatable bonds is 5. The van der Waals surface area contributed by atoms with Gasteiger partial charge in [-0.1, -0.05) is 24.3 Å². The molecule has 0 saturated carbocycles. The minimum atomic E-state index is -1.05. The predicted octanol–water partition coefficient (Wildman–Crippen LogP) is 3.52. The quantitative estimate of drug-likeness (QED) is 0.658. The van der Waals surface area contributed by atoms with E-state index in [1.807, 2.05) is 26.8 Å². The Morgan fingerprint density at radius 2 is 1.81 bits per heavy atom. The SMILES string of the molecule is Cc1cc(C)c2c(C[C@H](NC(=O)c3ccccc3)C(=O)O)c(C)[nH]c2c1. The molecule has 1 aromatic heterocycles. The number of hydrogen-bond donors (Lipinski definition) is 3. The highest BCUT2D eigenvalue weighted by Gasteiger charge is 2.24. The van der Waals surface area contributed by atoms with E-state index in [2.05, 4.69) is 22.4 Å². The van der Waals surface area contributed by atoms with Gasteiger partial charge in [0.25, 0.3) is 5.91 Å². The van der Waals surface area contributed by atoms with Gasteiger partial charge in [0.15, 0.2) is 0 Å². The van der Waals surface area contributed by atoms with Gasteiger partial charge >= 0.3 is 5.97 Å². The third-order valence-electron chi connectivity index (χ3n) is 4.60. The van der Waals surface area contributed by atoms with E-state index in [9.17, 15) is 14.7 Å². The van der Waals surface area contributed by atoms with Crippen molar-refractivity contribution in [3.63, 3.8) is 0 Å². The number of carboxylic acid groups (broad SMARTS) is 1. The molecule has 0 bridgehead atoms. The molecular weight excluding hydrogens is 328 g/mol. The number of carboxylic acids is 1. The number of aryl methyl sites for hydroxylation is 3. The zero-order valence-electron chi connectivity index (χ0n) is 15.1. The molecule has 0 aliphatic carbocycles. The number of benzene rings is 2. The molecule has 26 heavy (non-hydrogen) atoms. The van der Waals surface area contributed by atoms with Crippen molar-refractivity contribution in [1.29, 1.82) is 0 Å². The van der Waals surface area contributed by atoms with E-state index in [0.29, 0.717) is 5.56 Å². The lowest BCUT2D eigenvalue weighted by Gasteiger charge is -2.15. The maximum absolute atomic E-state index is 12.4. The molecule has 134 valence electrons. The highest BCUT2D eigenvalue weighted by Crippen LogP contribution is 2.28. The Balaban J connectivity index is 1.92. The minimum absolute atomic E-state index is 0.226. The van der Waals surface area contributed by atoms with Gasteiger partial charge in [-0.2, -0.15) is 0 Å². The highest BCUT2D eigenvalue weighted by molar-refractivity contribution is 5.97. The van der Waals surface area contributed by atoms with E-state index in [4.69, 9.17) is 0 Å². The Morgan fingerprint density at radius 1 is 1.12 bits per heavy atom. The Kier molecular flexibility index (Phi) is 4.80. The molecule has 0 radical (unpaired) electrons. The second-order valence-corrected chi connectivity index (χ2v) is 6.67. The molecular formula is C21H22N2O3. The molecule has 3 N–H and O–H groups in total. The summed E-state index contributed by atoms with van der Waals surface area (Å²) in [5, 5.41) is 13.3. The number of nitrogens with one attached hydrogen (secondary N) is 2. The van der Waals surface area contributed by atoms with Gasteiger partial charge in [0, 0.05) is 28.6 Å². The molecule has 3 aromatic rings. The smallest absolute Gasteiger partial charge is 0.326 e. The summed E-state index contributed by atoms with van der Waals surface area (Å²) < 4.78 is 0. The lowest BCUT2D eigenvalue weighted by Crippen LogP contribution is -2.42. The van der Waals surface area contributed by atoms with Gasteiger partial charge in [-0.15, -0.1) is 0 Å². The van der Waals surface area contributed by atoms with Crippen LogP contribution in [0.1, 0.15) is 32.7 Å². The first-order chi connectivity index (χ1) is 12.4. The summed E-state index contributed by atoms with van der Waals surface area (Å²) in [6.45, 7) is 5.98. The number of carbonyl (C=O) groups is 2. The van der Waals surface area contributed by atoms with E-state index in [0.717, 1.165) is 33.3 Å². The molecule has 5 nitrogen and oxygen atoms in total. The fraction of sp³-hybridized carbons (Fsp3) is 0.238. The number of H-pyrrole nitrogens is 1. The first kappa shape index (κ1) is 17.7. The number of aromatic amines is 1. The molecule has 0 unspecified atom stereocenters. The van der Waals surface area contributed by atoms with Crippen LogP contribution in [-0.2, 0) is 11.2 Å². The van der Waals surface area contributed by atoms with Crippen molar-refractivity contribution >= 4 is 22.8 Å². The predicted molar refractivity (Wildman–Crippen MR) is 102 cm³/mol. The lowest BCUT2D eigenvalue weighted by atomic mass is 9.98. The summed E-state index contributed by atoms with van der Waals surface area (Å²) in [7, 11) is 0. The lowest BCUT2D eigenvalue weighted by molar-refractivity contribution is -0.139. The van der Waals surface area contributed by atoms with Crippen LogP contribution in [0, 0.1) is 20.8 Å². The second kappa shape index (κ2) is 7.04. The van der Waals surface area contributed by atoms with Crippen molar-refractivity contribution in [2.75, 3.05) is 0 Å². The molecule has 3 rings (SSSR count). The Hall–Kier alpha value is -3.08. The topological polar surface area (TPSA) is 82.2 Å². The maximum Gasteiger partial charge on any atom is 0.326 e. The summed E-state index contributed by atoms with van der Waals surface area (Å²) in [6, 6.07) is 11.8. The molecule has 0 aliphatic rings. The average molecular weight is 350 g/mol. The molecule has 0 aliphatic heterocycles. The Morgan fingerprint density at radius 3 is 2.46 bits per heavy atom. The summed E-state index contributed by atoms with van der Waals surface area (Å²) >= 11 is 0. The third kappa shape index (κ3) is 3.47. The third-order valence-corrected chi connectivity index (χ3v) is 4.60. The second-order valence-electron chi connectivity index (χ2n) is 6.67. The van der Waals surface area contributed by atoms with E-state index >= 15 is 0 Å². The van der Waals surface area contributed by atoms with Crippen molar-refractivity contribution in [3.05, 3.63) is 70.4 Å². The first-order valence-corrected chi connectivity index (χ1v) is 8.54. The van der Waals surface area contributed by atoms with Crippen molar-refractivity contribution in [2.45, 2.75) is 33.2 Å². The molecule has 0 saturated heterocycles. The molecule has 1 amide bonds. The molecule has 5 heteroatoms. The molecule has 1 atom stereocenters. The summed E-state index contributed by atoms with van der Waals surface area (Å²) in [5.74, 6) is -1.43. The number of fused-ring (bicyclic) bond motifs is 1. The zero-order valence-corrected chi connectivity index (χ0v) is 15.1. The average Bonchev–Trinajstić information content (AvgIpc) is 2.90. The van der Waals surface area contributed by atoms with Crippen LogP contribution in [0.15, 0.2) is 42.5 Å². The van der Waals surface area contributed by atoms with Crippen LogP contribution >= 0.6 is 0 Å². The van der Waals surface area contributed by atoms with Gasteiger partial charge in [-0.3, -0.25) is 4.79 Å². The van der Waals surface area contributed by atoms with Crippen LogP contribution in [-0.4, -0.2) is 28.0 Å². The summed E-state index contributed by atoms with van der Waals surface area (Å²) in [4.78, 5) is 27.5. The molecule has 0 fully saturated rings. The highest BCUT2D eigenvalue weighted by atomic mass is 16.4. The molecule has 0 spiro atoms. The zero-order chi connectivity index (χ0) is 18.8. The maximum atomic E-state index is 12.4. The molecule has 2 aromatic carbocycles. The fourth-order valence-electron chi connectivity index (χ4n) is 3.42. The van der Waals surface area contributed by atoms with E-state index in [1.54, 1.807) is 24.3 Å². The van der Waals surface area contributed by atoms with E-state index in [1.165, 1.54) is 0 Å². The number of aliphatic carboxylic acids is 1. The van der Waals surface area contributed by atoms with Gasteiger partial charge in [0.1, 0.15) is 6.04 Å². The largest absolute Gasteiger partial charge is 0.480 e. The normalized spacial score (nSPS) is 12.1. The standard InChI is InChI=1S/C21H22N2O3/c1-12-9-13(2)19-16(14(3)22-17(19)10-12)11-18(21(25)26)23-20(24)15-7-5-4-6-8-15/h4-10,18,22H,11H2,1-3H3,(H,23,24)(H,25,26)/t18-/m0/s1. The number of aromatic nitrogens is 1. The van der Waals surface area contributed by atoms with Crippen molar-refractivity contribution in [3.8, 4) is 0 Å². The van der Waals surface area contributed by atoms with Crippen molar-refractivity contribution < 1.29 is 14.7 Å². The van der Waals surface area contributed by atoms with Gasteiger partial charge in [-0.25, -0.2) is 4.79 Å². The minimum Gasteiger partial charge on any atom is -0.480 e. The van der Waals surface area contributed by atoms with E-state index < -0.39 is 12.0 Å². The fourth-order valence-corrected chi connectivity index (χ4v) is 3.42. The van der Waals surface area contributed by atoms with Gasteiger partial charge in [0.2, 0.25) is 0 Å². The van der Waals surface area contributed by atoms with Gasteiger partial charge < -0.3 is 15.4 Å². The van der Waals surface area contributed by atoms with Crippen molar-refractivity contribution in [1.82, 2.24) is 10.3 Å². The summed E-state index contributed by atoms with van der Waals surface area (Å²) in [6.07, 6.45) is 0.226. The van der Waals surface area contributed by atoms with Crippen molar-refractivity contribution in [2.24, 2.45) is 0 Å². The van der Waals surface area contributed by atoms with E-state index in [-0.39, 0.29) is 12.3 Å². The summed E-state index contributed by atoms with van der Waals surface area (Å²) in [5.41, 5.74) is 5.54. The number of amides is 1. The number of hydrogen-bond acceptors (Lipinski definition) is 2. The van der Waals surface area contributed by atoms with Crippen LogP contribution < -0.4 is 5.32 Å². The van der Waals surface area contributed by atoms with Gasteiger partial charge in [0.05, 0.1) is 0 Å². The van der Waals surface area contributed by atoms with Crippen LogP contribution in [0.4, 0.5) is 0 Å². The first-order valence-electron chi connectivity index (χ1n) is 8.54. The van der Waals surface area contributed by atoms with Crippen LogP contribution in [0.2, 0.25) is 0 Å². The van der Waals surface area contributed by atoms with Crippen LogP contribution in [0.5, 0.6) is 0 Å².